The highest BCUT2D eigenvalue weighted by Gasteiger charge is 2.15. The van der Waals surface area contributed by atoms with E-state index in [4.69, 9.17) is 4.74 Å². The topological polar surface area (TPSA) is 46.6 Å². The molecule has 0 aliphatic heterocycles. The van der Waals surface area contributed by atoms with Crippen LogP contribution in [0.25, 0.3) is 0 Å². The average Bonchev–Trinajstić information content (AvgIpc) is 2.84. The highest BCUT2D eigenvalue weighted by molar-refractivity contribution is 5.81. The maximum Gasteiger partial charge on any atom is 0.306 e. The van der Waals surface area contributed by atoms with Crippen molar-refractivity contribution in [3.63, 3.8) is 0 Å². The van der Waals surface area contributed by atoms with Crippen LogP contribution in [0.1, 0.15) is 162 Å². The van der Waals surface area contributed by atoms with E-state index in [2.05, 4.69) is 20.8 Å². The predicted octanol–water partition coefficient (Wildman–Crippen LogP) is 9.00. The summed E-state index contributed by atoms with van der Waals surface area (Å²) in [6.07, 6.45) is 25.3. The second-order valence-electron chi connectivity index (χ2n) is 10.1. The molecule has 4 nitrogen and oxygen atoms in total. The van der Waals surface area contributed by atoms with E-state index in [-0.39, 0.29) is 18.3 Å². The van der Waals surface area contributed by atoms with Gasteiger partial charge in [-0.2, -0.15) is 0 Å². The summed E-state index contributed by atoms with van der Waals surface area (Å²) in [5, 5.41) is 0. The number of carbonyl (C=O) groups is 2. The molecule has 202 valence electrons. The van der Waals surface area contributed by atoms with Crippen LogP contribution in [0.5, 0.6) is 0 Å². The Balaban J connectivity index is 3.94. The van der Waals surface area contributed by atoms with Crippen molar-refractivity contribution in [3.05, 3.63) is 0 Å². The van der Waals surface area contributed by atoms with Crippen LogP contribution in [0.15, 0.2) is 0 Å². The van der Waals surface area contributed by atoms with E-state index in [1.54, 1.807) is 0 Å². The van der Waals surface area contributed by atoms with Gasteiger partial charge in [0.15, 0.2) is 0 Å². The van der Waals surface area contributed by atoms with Gasteiger partial charge in [0.05, 0.1) is 13.0 Å². The third-order valence-electron chi connectivity index (χ3n) is 6.72. The van der Waals surface area contributed by atoms with Gasteiger partial charge in [-0.15, -0.1) is 0 Å². The fraction of sp³-hybridized carbons (Fsp3) is 0.933. The van der Waals surface area contributed by atoms with E-state index < -0.39 is 0 Å². The van der Waals surface area contributed by atoms with Crippen LogP contribution in [0.4, 0.5) is 0 Å². The molecule has 0 heterocycles. The van der Waals surface area contributed by atoms with Crippen molar-refractivity contribution >= 4 is 11.9 Å². The Morgan fingerprint density at radius 2 is 0.882 bits per heavy atom. The fourth-order valence-electron chi connectivity index (χ4n) is 4.39. The third kappa shape index (κ3) is 22.7. The van der Waals surface area contributed by atoms with E-state index >= 15 is 0 Å². The number of hydrogen-bond donors (Lipinski definition) is 0. The molecule has 34 heavy (non-hydrogen) atoms. The van der Waals surface area contributed by atoms with Crippen LogP contribution in [-0.2, 0) is 14.3 Å². The van der Waals surface area contributed by atoms with Crippen molar-refractivity contribution in [1.29, 1.82) is 0 Å². The van der Waals surface area contributed by atoms with Gasteiger partial charge in [0.2, 0.25) is 5.91 Å². The van der Waals surface area contributed by atoms with Crippen LogP contribution >= 0.6 is 0 Å². The first kappa shape index (κ1) is 32.9. The Hall–Kier alpha value is -1.06. The van der Waals surface area contributed by atoms with Gasteiger partial charge in [-0.05, 0) is 19.3 Å². The zero-order valence-corrected chi connectivity index (χ0v) is 23.3. The summed E-state index contributed by atoms with van der Waals surface area (Å²) in [6, 6.07) is 0. The summed E-state index contributed by atoms with van der Waals surface area (Å²) < 4.78 is 5.39. The zero-order valence-electron chi connectivity index (χ0n) is 23.3. The van der Waals surface area contributed by atoms with Crippen molar-refractivity contribution in [2.24, 2.45) is 0 Å². The van der Waals surface area contributed by atoms with E-state index in [1.165, 1.54) is 103 Å². The molecule has 0 saturated carbocycles. The van der Waals surface area contributed by atoms with Gasteiger partial charge >= 0.3 is 5.97 Å². The summed E-state index contributed by atoms with van der Waals surface area (Å²) in [6.45, 7) is 8.88. The number of unbranched alkanes of at least 4 members (excludes halogenated alkanes) is 17. The normalized spacial score (nSPS) is 11.0. The molecule has 0 aromatic heterocycles. The molecule has 1 amide bonds. The number of carbonyl (C=O) groups excluding carboxylic acids is 2. The van der Waals surface area contributed by atoms with E-state index in [0.29, 0.717) is 13.0 Å². The van der Waals surface area contributed by atoms with Crippen LogP contribution < -0.4 is 0 Å². The molecular weight excluding hydrogens is 422 g/mol. The summed E-state index contributed by atoms with van der Waals surface area (Å²) in [5.41, 5.74) is 0. The molecule has 0 aromatic carbocycles. The summed E-state index contributed by atoms with van der Waals surface area (Å²) in [7, 11) is 0. The van der Waals surface area contributed by atoms with E-state index in [1.807, 2.05) is 4.90 Å². The molecule has 0 aromatic rings. The van der Waals surface area contributed by atoms with Gasteiger partial charge in [0.25, 0.3) is 0 Å². The predicted molar refractivity (Wildman–Crippen MR) is 146 cm³/mol. The molecule has 0 saturated heterocycles. The molecular formula is C30H59NO3. The molecule has 0 bridgehead atoms. The van der Waals surface area contributed by atoms with Gasteiger partial charge in [-0.1, -0.05) is 130 Å². The highest BCUT2D eigenvalue weighted by atomic mass is 16.5. The fourth-order valence-corrected chi connectivity index (χ4v) is 4.39. The minimum atomic E-state index is -0.213. The van der Waals surface area contributed by atoms with E-state index in [9.17, 15) is 9.59 Å². The van der Waals surface area contributed by atoms with Gasteiger partial charge in [0.1, 0.15) is 0 Å². The van der Waals surface area contributed by atoms with Crippen molar-refractivity contribution in [2.45, 2.75) is 162 Å². The van der Waals surface area contributed by atoms with Crippen molar-refractivity contribution < 1.29 is 14.3 Å². The Morgan fingerprint density at radius 1 is 0.500 bits per heavy atom. The first-order chi connectivity index (χ1) is 16.7. The lowest BCUT2D eigenvalue weighted by molar-refractivity contribution is -0.146. The first-order valence-electron chi connectivity index (χ1n) is 15.1. The molecule has 0 unspecified atom stereocenters. The Kier molecular flexibility index (Phi) is 25.7. The van der Waals surface area contributed by atoms with Crippen molar-refractivity contribution in [1.82, 2.24) is 4.90 Å². The largest absolute Gasteiger partial charge is 0.466 e. The lowest BCUT2D eigenvalue weighted by atomic mass is 10.1. The summed E-state index contributed by atoms with van der Waals surface area (Å²) in [5.74, 6) is -0.0861. The number of nitrogens with zero attached hydrogens (tertiary/aromatic N) is 1. The monoisotopic (exact) mass is 481 g/mol. The van der Waals surface area contributed by atoms with Gasteiger partial charge in [-0.3, -0.25) is 9.59 Å². The molecule has 0 aliphatic carbocycles. The second kappa shape index (κ2) is 26.5. The SMILES string of the molecule is CCCCCCCCCCCCOC(=O)CCC(=O)N(CCCCCCC)CCCCCCC. The number of rotatable bonds is 26. The maximum atomic E-state index is 12.8. The Labute approximate surface area is 213 Å². The first-order valence-corrected chi connectivity index (χ1v) is 15.1. The standard InChI is InChI=1S/C30H59NO3/c1-4-7-10-13-14-15-16-17-20-23-28-34-30(33)25-24-29(32)31(26-21-18-11-8-5-2)27-22-19-12-9-6-3/h4-28H2,1-3H3. The van der Waals surface area contributed by atoms with Crippen LogP contribution in [0.2, 0.25) is 0 Å². The van der Waals surface area contributed by atoms with Crippen LogP contribution in [-0.4, -0.2) is 36.5 Å². The zero-order chi connectivity index (χ0) is 25.1. The van der Waals surface area contributed by atoms with Crippen LogP contribution in [0.3, 0.4) is 0 Å². The Bertz CT molecular complexity index is 438. The quantitative estimate of drug-likeness (QED) is 0.0914. The second-order valence-corrected chi connectivity index (χ2v) is 10.1. The molecule has 0 atom stereocenters. The number of hydrogen-bond acceptors (Lipinski definition) is 3. The molecule has 0 N–H and O–H groups in total. The number of amides is 1. The highest BCUT2D eigenvalue weighted by Crippen LogP contribution is 2.12. The smallest absolute Gasteiger partial charge is 0.306 e. The average molecular weight is 482 g/mol. The Morgan fingerprint density at radius 3 is 1.32 bits per heavy atom. The van der Waals surface area contributed by atoms with Gasteiger partial charge < -0.3 is 9.64 Å². The number of esters is 1. The lowest BCUT2D eigenvalue weighted by Crippen LogP contribution is -2.33. The van der Waals surface area contributed by atoms with Crippen molar-refractivity contribution in [3.8, 4) is 0 Å². The molecule has 0 spiro atoms. The van der Waals surface area contributed by atoms with E-state index in [0.717, 1.165) is 38.8 Å². The minimum Gasteiger partial charge on any atom is -0.466 e. The van der Waals surface area contributed by atoms with Gasteiger partial charge in [-0.25, -0.2) is 0 Å². The number of ether oxygens (including phenoxy) is 1. The summed E-state index contributed by atoms with van der Waals surface area (Å²) >= 11 is 0. The molecule has 0 fully saturated rings. The molecule has 0 aliphatic rings. The van der Waals surface area contributed by atoms with Crippen molar-refractivity contribution in [2.75, 3.05) is 19.7 Å². The minimum absolute atomic E-state index is 0.127. The maximum absolute atomic E-state index is 12.8. The summed E-state index contributed by atoms with van der Waals surface area (Å²) in [4.78, 5) is 26.9. The van der Waals surface area contributed by atoms with Crippen LogP contribution in [0, 0.1) is 0 Å². The molecule has 4 heteroatoms. The van der Waals surface area contributed by atoms with Gasteiger partial charge in [0, 0.05) is 19.5 Å². The third-order valence-corrected chi connectivity index (χ3v) is 6.72. The molecule has 0 radical (unpaired) electrons. The molecule has 0 rings (SSSR count). The lowest BCUT2D eigenvalue weighted by Gasteiger charge is -2.23.